The van der Waals surface area contributed by atoms with Crippen LogP contribution in [-0.4, -0.2) is 33.2 Å². The van der Waals surface area contributed by atoms with Crippen molar-refractivity contribution in [2.24, 2.45) is 0 Å². The van der Waals surface area contributed by atoms with Crippen molar-refractivity contribution >= 4 is 40.8 Å². The number of anilines is 1. The van der Waals surface area contributed by atoms with Gasteiger partial charge in [0.25, 0.3) is 11.2 Å². The van der Waals surface area contributed by atoms with E-state index in [-0.39, 0.29) is 16.9 Å². The van der Waals surface area contributed by atoms with Crippen molar-refractivity contribution in [1.82, 2.24) is 9.97 Å². The van der Waals surface area contributed by atoms with Crippen molar-refractivity contribution in [1.29, 1.82) is 0 Å². The summed E-state index contributed by atoms with van der Waals surface area (Å²) >= 11 is 2.73. The van der Waals surface area contributed by atoms with E-state index in [1.165, 1.54) is 25.3 Å². The summed E-state index contributed by atoms with van der Waals surface area (Å²) in [7, 11) is 1.41. The zero-order valence-corrected chi connectivity index (χ0v) is 16.1. The minimum absolute atomic E-state index is 0.159. The van der Waals surface area contributed by atoms with Gasteiger partial charge < -0.3 is 15.0 Å². The molecule has 142 valence electrons. The van der Waals surface area contributed by atoms with Gasteiger partial charge in [0, 0.05) is 29.2 Å². The molecule has 2 N–H and O–H groups in total. The van der Waals surface area contributed by atoms with Crippen LogP contribution in [0.2, 0.25) is 0 Å². The van der Waals surface area contributed by atoms with Gasteiger partial charge in [-0.1, -0.05) is 11.8 Å². The number of hydrogen-bond donors (Lipinski definition) is 2. The lowest BCUT2D eigenvalue weighted by molar-refractivity contribution is -0.384. The average Bonchev–Trinajstić information content (AvgIpc) is 3.10. The number of aromatic amines is 1. The second-order valence-corrected chi connectivity index (χ2v) is 8.00. The first-order valence-electron chi connectivity index (χ1n) is 7.88. The predicted molar refractivity (Wildman–Crippen MR) is 103 cm³/mol. The van der Waals surface area contributed by atoms with E-state index in [1.54, 1.807) is 18.7 Å². The van der Waals surface area contributed by atoms with E-state index >= 15 is 0 Å². The Balaban J connectivity index is 1.75. The second-order valence-electron chi connectivity index (χ2n) is 5.68. The quantitative estimate of drug-likeness (QED) is 0.323. The van der Waals surface area contributed by atoms with Crippen LogP contribution < -0.4 is 15.6 Å². The molecule has 0 spiro atoms. The van der Waals surface area contributed by atoms with Crippen molar-refractivity contribution in [2.75, 3.05) is 12.4 Å². The lowest BCUT2D eigenvalue weighted by atomic mass is 10.2. The highest BCUT2D eigenvalue weighted by Gasteiger charge is 2.22. The molecule has 1 amide bonds. The zero-order valence-electron chi connectivity index (χ0n) is 14.5. The molecular formula is C16H16N4O5S2. The smallest absolute Gasteiger partial charge is 0.271 e. The van der Waals surface area contributed by atoms with Crippen LogP contribution in [0, 0.1) is 10.1 Å². The van der Waals surface area contributed by atoms with E-state index in [1.807, 2.05) is 0 Å². The average molecular weight is 408 g/mol. The maximum atomic E-state index is 12.5. The molecule has 0 saturated heterocycles. The Morgan fingerprint density at radius 3 is 2.96 bits per heavy atom. The first-order chi connectivity index (χ1) is 12.9. The van der Waals surface area contributed by atoms with Crippen LogP contribution in [0.15, 0.2) is 28.2 Å². The van der Waals surface area contributed by atoms with Gasteiger partial charge in [0.05, 0.1) is 28.7 Å². The molecule has 9 nitrogen and oxygen atoms in total. The molecule has 1 aliphatic rings. The molecule has 1 unspecified atom stereocenters. The maximum absolute atomic E-state index is 12.5. The number of aromatic nitrogens is 2. The fourth-order valence-electron chi connectivity index (χ4n) is 2.46. The molecule has 3 rings (SSSR count). The fourth-order valence-corrected chi connectivity index (χ4v) is 4.31. The molecule has 0 radical (unpaired) electrons. The molecule has 1 aromatic heterocycles. The zero-order chi connectivity index (χ0) is 19.6. The summed E-state index contributed by atoms with van der Waals surface area (Å²) in [5, 5.41) is 13.4. The van der Waals surface area contributed by atoms with Crippen molar-refractivity contribution in [2.45, 2.75) is 28.8 Å². The summed E-state index contributed by atoms with van der Waals surface area (Å²) in [5.74, 6) is 1.24. The monoisotopic (exact) mass is 408 g/mol. The molecule has 0 aliphatic carbocycles. The lowest BCUT2D eigenvalue weighted by Crippen LogP contribution is -2.24. The maximum Gasteiger partial charge on any atom is 0.271 e. The Morgan fingerprint density at radius 2 is 2.26 bits per heavy atom. The van der Waals surface area contributed by atoms with Gasteiger partial charge in [-0.25, -0.2) is 4.98 Å². The molecule has 2 heterocycles. The number of benzene rings is 1. The largest absolute Gasteiger partial charge is 0.495 e. The van der Waals surface area contributed by atoms with E-state index in [0.717, 1.165) is 17.5 Å². The Labute approximate surface area is 162 Å². The highest BCUT2D eigenvalue weighted by molar-refractivity contribution is 8.00. The van der Waals surface area contributed by atoms with Crippen LogP contribution in [0.5, 0.6) is 5.75 Å². The van der Waals surface area contributed by atoms with Crippen LogP contribution in [-0.2, 0) is 16.3 Å². The van der Waals surface area contributed by atoms with Gasteiger partial charge in [0.2, 0.25) is 5.91 Å². The van der Waals surface area contributed by atoms with Crippen molar-refractivity contribution < 1.29 is 14.5 Å². The standard InChI is InChI=1S/C16H16N4O5S2/c1-8(27-16-18-12-7-26-6-10(12)15(22)19-16)14(21)17-11-5-9(20(23)24)3-4-13(11)25-2/h3-5,8H,6-7H2,1-2H3,(H,17,21)(H,18,19,22). The van der Waals surface area contributed by atoms with Gasteiger partial charge >= 0.3 is 0 Å². The summed E-state index contributed by atoms with van der Waals surface area (Å²) in [6.07, 6.45) is 0. The number of nitrogens with one attached hydrogen (secondary N) is 2. The number of fused-ring (bicyclic) bond motifs is 1. The molecule has 0 saturated carbocycles. The Morgan fingerprint density at radius 1 is 1.48 bits per heavy atom. The third-order valence-corrected chi connectivity index (χ3v) is 5.83. The molecular weight excluding hydrogens is 392 g/mol. The Bertz CT molecular complexity index is 962. The molecule has 11 heteroatoms. The minimum atomic E-state index is -0.593. The van der Waals surface area contributed by atoms with Gasteiger partial charge in [0.15, 0.2) is 5.16 Å². The van der Waals surface area contributed by atoms with E-state index in [4.69, 9.17) is 4.74 Å². The van der Waals surface area contributed by atoms with Gasteiger partial charge in [-0.2, -0.15) is 11.8 Å². The highest BCUT2D eigenvalue weighted by Crippen LogP contribution is 2.31. The van der Waals surface area contributed by atoms with E-state index in [2.05, 4.69) is 15.3 Å². The second kappa shape index (κ2) is 8.01. The number of methoxy groups -OCH3 is 1. The number of carbonyl (C=O) groups excluding carboxylic acids is 1. The number of nitro groups is 1. The summed E-state index contributed by atoms with van der Waals surface area (Å²) in [5.41, 5.74) is 1.30. The predicted octanol–water partition coefficient (Wildman–Crippen LogP) is 2.55. The molecule has 1 aliphatic heterocycles. The normalized spacial score (nSPS) is 13.7. The van der Waals surface area contributed by atoms with Gasteiger partial charge in [0.1, 0.15) is 5.75 Å². The number of hydrogen-bond acceptors (Lipinski definition) is 8. The summed E-state index contributed by atoms with van der Waals surface area (Å²) in [6, 6.07) is 3.95. The number of thioether (sulfide) groups is 2. The summed E-state index contributed by atoms with van der Waals surface area (Å²) < 4.78 is 5.14. The number of carbonyl (C=O) groups is 1. The molecule has 0 fully saturated rings. The first-order valence-corrected chi connectivity index (χ1v) is 9.92. The van der Waals surface area contributed by atoms with Gasteiger partial charge in [-0.05, 0) is 13.0 Å². The van der Waals surface area contributed by atoms with Crippen molar-refractivity contribution in [3.05, 3.63) is 49.9 Å². The van der Waals surface area contributed by atoms with Crippen molar-refractivity contribution in [3.8, 4) is 5.75 Å². The Hall–Kier alpha value is -2.53. The number of amides is 1. The third-order valence-electron chi connectivity index (χ3n) is 3.87. The van der Waals surface area contributed by atoms with E-state index in [9.17, 15) is 19.7 Å². The fraction of sp³-hybridized carbons (Fsp3) is 0.312. The molecule has 27 heavy (non-hydrogen) atoms. The van der Waals surface area contributed by atoms with E-state index in [0.29, 0.717) is 28.0 Å². The highest BCUT2D eigenvalue weighted by atomic mass is 32.2. The van der Waals surface area contributed by atoms with Crippen LogP contribution in [0.3, 0.4) is 0 Å². The van der Waals surface area contributed by atoms with Crippen molar-refractivity contribution in [3.63, 3.8) is 0 Å². The van der Waals surface area contributed by atoms with Crippen LogP contribution in [0.25, 0.3) is 0 Å². The summed E-state index contributed by atoms with van der Waals surface area (Å²) in [6.45, 7) is 1.66. The van der Waals surface area contributed by atoms with Crippen LogP contribution >= 0.6 is 23.5 Å². The van der Waals surface area contributed by atoms with Crippen LogP contribution in [0.4, 0.5) is 11.4 Å². The molecule has 1 atom stereocenters. The first kappa shape index (κ1) is 19.2. The Kier molecular flexibility index (Phi) is 5.71. The molecule has 0 bridgehead atoms. The summed E-state index contributed by atoms with van der Waals surface area (Å²) in [4.78, 5) is 42.1. The number of H-pyrrole nitrogens is 1. The number of nitrogens with zero attached hydrogens (tertiary/aromatic N) is 2. The minimum Gasteiger partial charge on any atom is -0.495 e. The van der Waals surface area contributed by atoms with Crippen LogP contribution in [0.1, 0.15) is 18.2 Å². The van der Waals surface area contributed by atoms with E-state index < -0.39 is 16.1 Å². The topological polar surface area (TPSA) is 127 Å². The lowest BCUT2D eigenvalue weighted by Gasteiger charge is -2.14. The molecule has 2 aromatic rings. The number of ether oxygens (including phenoxy) is 1. The number of non-ortho nitro benzene ring substituents is 1. The molecule has 1 aromatic carbocycles. The van der Waals surface area contributed by atoms with Gasteiger partial charge in [-0.3, -0.25) is 19.7 Å². The number of rotatable bonds is 6. The SMILES string of the molecule is COc1ccc([N+](=O)[O-])cc1NC(=O)C(C)Sc1nc2c(c(=O)[nH]1)CSC2. The third kappa shape index (κ3) is 4.25. The number of nitro benzene ring substituents is 1. The van der Waals surface area contributed by atoms with Gasteiger partial charge in [-0.15, -0.1) is 0 Å².